The van der Waals surface area contributed by atoms with Crippen LogP contribution in [0.2, 0.25) is 0 Å². The Morgan fingerprint density at radius 1 is 1.37 bits per heavy atom. The fourth-order valence-corrected chi connectivity index (χ4v) is 1.78. The van der Waals surface area contributed by atoms with Gasteiger partial charge in [0.05, 0.1) is 6.61 Å². The van der Waals surface area contributed by atoms with Crippen molar-refractivity contribution < 1.29 is 22.3 Å². The van der Waals surface area contributed by atoms with Crippen LogP contribution >= 0.6 is 11.8 Å². The molecule has 1 unspecified atom stereocenters. The molecule has 19 heavy (non-hydrogen) atoms. The summed E-state index contributed by atoms with van der Waals surface area (Å²) >= 11 is -0.187. The van der Waals surface area contributed by atoms with Crippen LogP contribution < -0.4 is 10.1 Å². The maximum atomic E-state index is 13.6. The Hall–Kier alpha value is -0.950. The molecule has 1 aromatic rings. The predicted octanol–water partition coefficient (Wildman–Crippen LogP) is 3.74. The third kappa shape index (κ3) is 5.69. The van der Waals surface area contributed by atoms with Gasteiger partial charge in [0, 0.05) is 11.8 Å². The van der Waals surface area contributed by atoms with E-state index in [1.54, 1.807) is 13.1 Å². The molecule has 1 atom stereocenters. The molecule has 1 aromatic carbocycles. The van der Waals surface area contributed by atoms with Crippen LogP contribution in [-0.2, 0) is 0 Å². The van der Waals surface area contributed by atoms with Gasteiger partial charge in [-0.3, -0.25) is 0 Å². The first-order valence-corrected chi connectivity index (χ1v) is 6.62. The van der Waals surface area contributed by atoms with Crippen molar-refractivity contribution in [1.29, 1.82) is 0 Å². The topological polar surface area (TPSA) is 21.3 Å². The number of hydrogen-bond donors (Lipinski definition) is 1. The molecule has 0 radical (unpaired) electrons. The SMILES string of the molecule is CNC(C)c1ccc(OCCSC(F)(F)F)c(F)c1. The summed E-state index contributed by atoms with van der Waals surface area (Å²) in [4.78, 5) is 0. The zero-order valence-electron chi connectivity index (χ0n) is 10.6. The Bertz CT molecular complexity index is 411. The minimum absolute atomic E-state index is 0.00988. The van der Waals surface area contributed by atoms with Crippen molar-refractivity contribution in [3.05, 3.63) is 29.6 Å². The Morgan fingerprint density at radius 3 is 2.58 bits per heavy atom. The highest BCUT2D eigenvalue weighted by Crippen LogP contribution is 2.30. The normalized spacial score (nSPS) is 13.4. The predicted molar refractivity (Wildman–Crippen MR) is 67.9 cm³/mol. The third-order valence-corrected chi connectivity index (χ3v) is 3.19. The Labute approximate surface area is 113 Å². The molecule has 0 spiro atoms. The molecule has 1 rings (SSSR count). The van der Waals surface area contributed by atoms with Crippen molar-refractivity contribution in [3.8, 4) is 5.75 Å². The number of benzene rings is 1. The van der Waals surface area contributed by atoms with Gasteiger partial charge in [0.1, 0.15) is 0 Å². The summed E-state index contributed by atoms with van der Waals surface area (Å²) in [5.41, 5.74) is -3.54. The van der Waals surface area contributed by atoms with Gasteiger partial charge in [0.25, 0.3) is 0 Å². The van der Waals surface area contributed by atoms with Crippen LogP contribution in [0.4, 0.5) is 17.6 Å². The third-order valence-electron chi connectivity index (χ3n) is 2.50. The minimum atomic E-state index is -4.28. The first-order chi connectivity index (χ1) is 8.83. The Morgan fingerprint density at radius 2 is 2.05 bits per heavy atom. The van der Waals surface area contributed by atoms with Crippen molar-refractivity contribution in [1.82, 2.24) is 5.32 Å². The summed E-state index contributed by atoms with van der Waals surface area (Å²) in [6.07, 6.45) is 0. The molecule has 0 aliphatic rings. The molecule has 0 saturated carbocycles. The Kier molecular flexibility index (Phi) is 5.93. The van der Waals surface area contributed by atoms with Crippen molar-refractivity contribution in [3.63, 3.8) is 0 Å². The number of ether oxygens (including phenoxy) is 1. The highest BCUT2D eigenvalue weighted by molar-refractivity contribution is 8.00. The standard InChI is InChI=1S/C12H15F4NOS/c1-8(17-2)9-3-4-11(10(13)7-9)18-5-6-19-12(14,15)16/h3-4,7-8,17H,5-6H2,1-2H3. The van der Waals surface area contributed by atoms with Crippen molar-refractivity contribution in [2.45, 2.75) is 18.5 Å². The minimum Gasteiger partial charge on any atom is -0.490 e. The van der Waals surface area contributed by atoms with Gasteiger partial charge in [0.2, 0.25) is 0 Å². The van der Waals surface area contributed by atoms with Gasteiger partial charge in [0.15, 0.2) is 11.6 Å². The zero-order valence-corrected chi connectivity index (χ0v) is 11.4. The lowest BCUT2D eigenvalue weighted by Gasteiger charge is -2.13. The van der Waals surface area contributed by atoms with Crippen molar-refractivity contribution >= 4 is 11.8 Å². The molecule has 0 aliphatic carbocycles. The summed E-state index contributed by atoms with van der Waals surface area (Å²) in [6.45, 7) is 1.68. The van der Waals surface area contributed by atoms with Gasteiger partial charge in [-0.2, -0.15) is 13.2 Å². The van der Waals surface area contributed by atoms with Gasteiger partial charge >= 0.3 is 5.51 Å². The van der Waals surface area contributed by atoms with Gasteiger partial charge in [-0.1, -0.05) is 6.07 Å². The first-order valence-electron chi connectivity index (χ1n) is 5.63. The molecular weight excluding hydrogens is 282 g/mol. The van der Waals surface area contributed by atoms with E-state index in [0.717, 1.165) is 5.56 Å². The maximum absolute atomic E-state index is 13.6. The molecule has 0 bridgehead atoms. The molecule has 1 N–H and O–H groups in total. The molecule has 7 heteroatoms. The molecule has 0 amide bonds. The number of alkyl halides is 3. The second-order valence-corrected chi connectivity index (χ2v) is 5.00. The van der Waals surface area contributed by atoms with E-state index in [9.17, 15) is 17.6 Å². The lowest BCUT2D eigenvalue weighted by Crippen LogP contribution is -2.13. The number of nitrogens with one attached hydrogen (secondary N) is 1. The van der Waals surface area contributed by atoms with Crippen LogP contribution in [-0.4, -0.2) is 24.9 Å². The molecule has 0 aliphatic heterocycles. The summed E-state index contributed by atoms with van der Waals surface area (Å²) in [6, 6.07) is 4.41. The number of rotatable bonds is 6. The molecule has 0 heterocycles. The van der Waals surface area contributed by atoms with Crippen molar-refractivity contribution in [2.24, 2.45) is 0 Å². The van der Waals surface area contributed by atoms with Crippen LogP contribution in [0.15, 0.2) is 18.2 Å². The lowest BCUT2D eigenvalue weighted by atomic mass is 10.1. The molecular formula is C12H15F4NOS. The van der Waals surface area contributed by atoms with E-state index in [-0.39, 0.29) is 35.9 Å². The smallest absolute Gasteiger partial charge is 0.441 e. The highest BCUT2D eigenvalue weighted by atomic mass is 32.2. The number of thioether (sulfide) groups is 1. The van der Waals surface area contributed by atoms with E-state index in [2.05, 4.69) is 5.32 Å². The fourth-order valence-electron chi connectivity index (χ4n) is 1.38. The zero-order chi connectivity index (χ0) is 14.5. The van der Waals surface area contributed by atoms with E-state index in [1.807, 2.05) is 6.92 Å². The van der Waals surface area contributed by atoms with E-state index in [1.165, 1.54) is 12.1 Å². The van der Waals surface area contributed by atoms with Gasteiger partial charge in [-0.15, -0.1) is 0 Å². The second-order valence-electron chi connectivity index (χ2n) is 3.84. The van der Waals surface area contributed by atoms with Crippen LogP contribution in [0.1, 0.15) is 18.5 Å². The Balaban J connectivity index is 2.51. The lowest BCUT2D eigenvalue weighted by molar-refractivity contribution is -0.0329. The van der Waals surface area contributed by atoms with Gasteiger partial charge in [-0.25, -0.2) is 4.39 Å². The first kappa shape index (κ1) is 16.1. The fraction of sp³-hybridized carbons (Fsp3) is 0.500. The quantitative estimate of drug-likeness (QED) is 0.638. The van der Waals surface area contributed by atoms with Crippen LogP contribution in [0, 0.1) is 5.82 Å². The van der Waals surface area contributed by atoms with Crippen LogP contribution in [0.3, 0.4) is 0 Å². The average molecular weight is 297 g/mol. The van der Waals surface area contributed by atoms with Crippen LogP contribution in [0.5, 0.6) is 5.75 Å². The van der Waals surface area contributed by atoms with Gasteiger partial charge in [-0.05, 0) is 43.4 Å². The number of hydrogen-bond acceptors (Lipinski definition) is 3. The molecule has 2 nitrogen and oxygen atoms in total. The monoisotopic (exact) mass is 297 g/mol. The molecule has 0 fully saturated rings. The van der Waals surface area contributed by atoms with Gasteiger partial charge < -0.3 is 10.1 Å². The highest BCUT2D eigenvalue weighted by Gasteiger charge is 2.27. The molecule has 0 aromatic heterocycles. The maximum Gasteiger partial charge on any atom is 0.441 e. The van der Waals surface area contributed by atoms with E-state index in [4.69, 9.17) is 4.74 Å². The average Bonchev–Trinajstić information content (AvgIpc) is 2.33. The van der Waals surface area contributed by atoms with Crippen molar-refractivity contribution in [2.75, 3.05) is 19.4 Å². The second kappa shape index (κ2) is 7.00. The number of halogens is 4. The summed E-state index contributed by atoms with van der Waals surface area (Å²) < 4.78 is 54.2. The van der Waals surface area contributed by atoms with E-state index >= 15 is 0 Å². The van der Waals surface area contributed by atoms with E-state index < -0.39 is 11.3 Å². The molecule has 108 valence electrons. The van der Waals surface area contributed by atoms with Crippen LogP contribution in [0.25, 0.3) is 0 Å². The summed E-state index contributed by atoms with van der Waals surface area (Å²) in [7, 11) is 1.75. The largest absolute Gasteiger partial charge is 0.490 e. The summed E-state index contributed by atoms with van der Waals surface area (Å²) in [5, 5.41) is 2.96. The molecule has 0 saturated heterocycles. The van der Waals surface area contributed by atoms with E-state index in [0.29, 0.717) is 0 Å². The summed E-state index contributed by atoms with van der Waals surface area (Å²) in [5.74, 6) is -0.871.